The monoisotopic (exact) mass is 491 g/mol. The van der Waals surface area contributed by atoms with Crippen molar-refractivity contribution >= 4 is 35.2 Å². The number of methoxy groups -OCH3 is 1. The van der Waals surface area contributed by atoms with E-state index in [9.17, 15) is 14.4 Å². The standard InChI is InChI=1S/C27H29N3O6/c1-3-18-8-12-23(36-15-14-18)22-11-10-21(16-24(22)35-2)29-27(33)26(32)28-17-20-6-4-19(5-7-20)9-13-25(31)30-34/h4-7,9-16,18,34H,3,8,17H2,1-2H3,(H,28,32)(H,29,33)(H,30,31)/b13-9+. The SMILES string of the molecule is CCC1C=COC(c2ccc(NC(=O)C(=O)NCc3ccc(/C=C/C(=O)NO)cc3)cc2OC)=CC1. The van der Waals surface area contributed by atoms with Crippen LogP contribution < -0.4 is 20.9 Å². The topological polar surface area (TPSA) is 126 Å². The van der Waals surface area contributed by atoms with E-state index in [0.29, 0.717) is 23.1 Å². The summed E-state index contributed by atoms with van der Waals surface area (Å²) >= 11 is 0. The quantitative estimate of drug-likeness (QED) is 0.193. The molecule has 188 valence electrons. The van der Waals surface area contributed by atoms with Crippen LogP contribution >= 0.6 is 0 Å². The number of carbonyl (C=O) groups excluding carboxylic acids is 3. The number of hydrogen-bond acceptors (Lipinski definition) is 6. The highest BCUT2D eigenvalue weighted by Crippen LogP contribution is 2.32. The van der Waals surface area contributed by atoms with Crippen molar-refractivity contribution in [3.05, 3.63) is 83.6 Å². The molecule has 0 saturated carbocycles. The first-order valence-corrected chi connectivity index (χ1v) is 11.5. The van der Waals surface area contributed by atoms with Crippen LogP contribution in [0.2, 0.25) is 0 Å². The third-order valence-corrected chi connectivity index (χ3v) is 5.58. The molecule has 36 heavy (non-hydrogen) atoms. The fourth-order valence-electron chi connectivity index (χ4n) is 3.46. The number of amides is 3. The predicted molar refractivity (Wildman–Crippen MR) is 135 cm³/mol. The Balaban J connectivity index is 1.57. The van der Waals surface area contributed by atoms with Gasteiger partial charge in [-0.1, -0.05) is 31.2 Å². The Morgan fingerprint density at radius 1 is 1.14 bits per heavy atom. The molecule has 1 unspecified atom stereocenters. The van der Waals surface area contributed by atoms with E-state index in [-0.39, 0.29) is 6.54 Å². The van der Waals surface area contributed by atoms with Crippen molar-refractivity contribution in [3.63, 3.8) is 0 Å². The number of hydroxylamine groups is 1. The molecule has 1 aliphatic heterocycles. The zero-order chi connectivity index (χ0) is 25.9. The lowest BCUT2D eigenvalue weighted by atomic mass is 10.0. The van der Waals surface area contributed by atoms with E-state index in [1.807, 2.05) is 12.2 Å². The second kappa shape index (κ2) is 12.9. The van der Waals surface area contributed by atoms with Crippen LogP contribution in [0.15, 0.2) is 67.0 Å². The van der Waals surface area contributed by atoms with Crippen LogP contribution in [0.25, 0.3) is 11.8 Å². The molecule has 0 fully saturated rings. The smallest absolute Gasteiger partial charge is 0.313 e. The zero-order valence-electron chi connectivity index (χ0n) is 20.1. The van der Waals surface area contributed by atoms with Crippen LogP contribution in [0.5, 0.6) is 5.75 Å². The molecule has 0 aliphatic carbocycles. The zero-order valence-corrected chi connectivity index (χ0v) is 20.1. The van der Waals surface area contributed by atoms with Crippen LogP contribution in [0, 0.1) is 5.92 Å². The van der Waals surface area contributed by atoms with Gasteiger partial charge in [0.15, 0.2) is 0 Å². The van der Waals surface area contributed by atoms with Crippen LogP contribution in [-0.4, -0.2) is 30.0 Å². The number of rotatable bonds is 8. The van der Waals surface area contributed by atoms with Gasteiger partial charge in [0.1, 0.15) is 11.5 Å². The van der Waals surface area contributed by atoms with Gasteiger partial charge in [-0.3, -0.25) is 19.6 Å². The molecule has 2 aromatic carbocycles. The van der Waals surface area contributed by atoms with Gasteiger partial charge in [-0.25, -0.2) is 5.48 Å². The van der Waals surface area contributed by atoms with Crippen LogP contribution in [-0.2, 0) is 25.7 Å². The lowest BCUT2D eigenvalue weighted by Crippen LogP contribution is -2.34. The molecule has 3 rings (SSSR count). The molecule has 4 N–H and O–H groups in total. The minimum atomic E-state index is -0.807. The van der Waals surface area contributed by atoms with Crippen molar-refractivity contribution in [1.82, 2.24) is 10.8 Å². The summed E-state index contributed by atoms with van der Waals surface area (Å²) in [5, 5.41) is 13.6. The summed E-state index contributed by atoms with van der Waals surface area (Å²) in [7, 11) is 1.53. The predicted octanol–water partition coefficient (Wildman–Crippen LogP) is 3.77. The highest BCUT2D eigenvalue weighted by atomic mass is 16.5. The van der Waals surface area contributed by atoms with E-state index in [1.165, 1.54) is 24.7 Å². The molecule has 0 radical (unpaired) electrons. The van der Waals surface area contributed by atoms with Gasteiger partial charge in [0, 0.05) is 24.4 Å². The summed E-state index contributed by atoms with van der Waals surface area (Å²) in [6, 6.07) is 12.1. The van der Waals surface area contributed by atoms with Crippen molar-refractivity contribution < 1.29 is 29.1 Å². The largest absolute Gasteiger partial charge is 0.496 e. The number of carbonyl (C=O) groups is 3. The van der Waals surface area contributed by atoms with Gasteiger partial charge in [-0.15, -0.1) is 0 Å². The second-order valence-electron chi connectivity index (χ2n) is 8.02. The molecule has 9 heteroatoms. The number of nitrogens with one attached hydrogen (secondary N) is 3. The Labute approximate surface area is 209 Å². The van der Waals surface area contributed by atoms with E-state index in [2.05, 4.69) is 17.6 Å². The Morgan fingerprint density at radius 2 is 1.92 bits per heavy atom. The molecular formula is C27H29N3O6. The second-order valence-corrected chi connectivity index (χ2v) is 8.02. The third-order valence-electron chi connectivity index (χ3n) is 5.58. The molecule has 9 nitrogen and oxygen atoms in total. The lowest BCUT2D eigenvalue weighted by Gasteiger charge is -2.13. The van der Waals surface area contributed by atoms with Gasteiger partial charge >= 0.3 is 11.8 Å². The molecular weight excluding hydrogens is 462 g/mol. The molecule has 3 amide bonds. The number of ether oxygens (including phenoxy) is 2. The summed E-state index contributed by atoms with van der Waals surface area (Å²) in [6.07, 6.45) is 10.3. The molecule has 0 saturated heterocycles. The van der Waals surface area contributed by atoms with Crippen molar-refractivity contribution in [1.29, 1.82) is 0 Å². The van der Waals surface area contributed by atoms with Gasteiger partial charge in [0.05, 0.1) is 18.9 Å². The maximum Gasteiger partial charge on any atom is 0.313 e. The normalized spacial score (nSPS) is 14.9. The first-order valence-electron chi connectivity index (χ1n) is 11.5. The summed E-state index contributed by atoms with van der Waals surface area (Å²) in [5.41, 5.74) is 4.16. The number of anilines is 1. The van der Waals surface area contributed by atoms with Gasteiger partial charge in [0.2, 0.25) is 0 Å². The Hall–Kier alpha value is -4.37. The van der Waals surface area contributed by atoms with Crippen molar-refractivity contribution in [2.45, 2.75) is 26.3 Å². The van der Waals surface area contributed by atoms with Gasteiger partial charge in [-0.2, -0.15) is 0 Å². The number of allylic oxidation sites excluding steroid dienone is 2. The van der Waals surface area contributed by atoms with Crippen molar-refractivity contribution in [2.24, 2.45) is 5.92 Å². The summed E-state index contributed by atoms with van der Waals surface area (Å²) in [6.45, 7) is 2.27. The van der Waals surface area contributed by atoms with Gasteiger partial charge < -0.3 is 20.1 Å². The van der Waals surface area contributed by atoms with E-state index >= 15 is 0 Å². The maximum atomic E-state index is 12.4. The maximum absolute atomic E-state index is 12.4. The Bertz CT molecular complexity index is 1180. The minimum absolute atomic E-state index is 0.146. The summed E-state index contributed by atoms with van der Waals surface area (Å²) in [4.78, 5) is 35.7. The van der Waals surface area contributed by atoms with E-state index < -0.39 is 17.7 Å². The van der Waals surface area contributed by atoms with Crippen LogP contribution in [0.1, 0.15) is 36.5 Å². The van der Waals surface area contributed by atoms with Crippen molar-refractivity contribution in [2.75, 3.05) is 12.4 Å². The average Bonchev–Trinajstić information content (AvgIpc) is 3.16. The van der Waals surface area contributed by atoms with E-state index in [0.717, 1.165) is 29.5 Å². The van der Waals surface area contributed by atoms with Crippen LogP contribution in [0.4, 0.5) is 5.69 Å². The lowest BCUT2D eigenvalue weighted by molar-refractivity contribution is -0.136. The average molecular weight is 492 g/mol. The first kappa shape index (κ1) is 26.2. The first-order chi connectivity index (χ1) is 17.4. The third kappa shape index (κ3) is 7.31. The molecule has 1 heterocycles. The molecule has 0 spiro atoms. The molecule has 1 atom stereocenters. The summed E-state index contributed by atoms with van der Waals surface area (Å²) < 4.78 is 11.2. The molecule has 1 aliphatic rings. The van der Waals surface area contributed by atoms with Crippen molar-refractivity contribution in [3.8, 4) is 5.75 Å². The Morgan fingerprint density at radius 3 is 2.61 bits per heavy atom. The number of benzene rings is 2. The van der Waals surface area contributed by atoms with E-state index in [4.69, 9.17) is 14.7 Å². The fourth-order valence-corrected chi connectivity index (χ4v) is 3.46. The number of hydrogen-bond donors (Lipinski definition) is 4. The fraction of sp³-hybridized carbons (Fsp3) is 0.222. The van der Waals surface area contributed by atoms with Gasteiger partial charge in [0.25, 0.3) is 5.91 Å². The van der Waals surface area contributed by atoms with E-state index in [1.54, 1.807) is 48.7 Å². The Kier molecular flexibility index (Phi) is 9.41. The molecule has 0 aromatic heterocycles. The molecule has 2 aromatic rings. The highest BCUT2D eigenvalue weighted by Gasteiger charge is 2.17. The minimum Gasteiger partial charge on any atom is -0.496 e. The van der Waals surface area contributed by atoms with Gasteiger partial charge in [-0.05, 0) is 60.2 Å². The highest BCUT2D eigenvalue weighted by molar-refractivity contribution is 6.39. The molecule has 0 bridgehead atoms. The van der Waals surface area contributed by atoms with Crippen LogP contribution in [0.3, 0.4) is 0 Å². The summed E-state index contributed by atoms with van der Waals surface area (Å²) in [5.74, 6) is -0.631.